The van der Waals surface area contributed by atoms with Gasteiger partial charge in [0.05, 0.1) is 6.61 Å². The molecular formula is C14H28N2O2. The van der Waals surface area contributed by atoms with Crippen molar-refractivity contribution in [1.82, 2.24) is 10.2 Å². The molecule has 1 N–H and O–H groups in total. The Labute approximate surface area is 111 Å². The van der Waals surface area contributed by atoms with Crippen LogP contribution in [-0.4, -0.2) is 49.7 Å². The molecule has 2 unspecified atom stereocenters. The van der Waals surface area contributed by atoms with Gasteiger partial charge in [0.2, 0.25) is 0 Å². The summed E-state index contributed by atoms with van der Waals surface area (Å²) >= 11 is 0. The average molecular weight is 256 g/mol. The van der Waals surface area contributed by atoms with Crippen molar-refractivity contribution in [3.05, 3.63) is 0 Å². The van der Waals surface area contributed by atoms with Crippen molar-refractivity contribution < 1.29 is 9.53 Å². The summed E-state index contributed by atoms with van der Waals surface area (Å²) in [6, 6.07) is 0.430. The number of hydrogen-bond donors (Lipinski definition) is 1. The summed E-state index contributed by atoms with van der Waals surface area (Å²) in [5, 5.41) is 3.41. The predicted octanol–water partition coefficient (Wildman–Crippen LogP) is 1.79. The molecule has 1 fully saturated rings. The smallest absolute Gasteiger partial charge is 0.323 e. The first-order valence-electron chi connectivity index (χ1n) is 7.30. The fourth-order valence-electron chi connectivity index (χ4n) is 2.66. The van der Waals surface area contributed by atoms with Crippen molar-refractivity contribution in [3.63, 3.8) is 0 Å². The van der Waals surface area contributed by atoms with Crippen LogP contribution in [0.3, 0.4) is 0 Å². The Bertz CT molecular complexity index is 238. The molecule has 1 aliphatic heterocycles. The van der Waals surface area contributed by atoms with Gasteiger partial charge in [-0.3, -0.25) is 9.69 Å². The van der Waals surface area contributed by atoms with Crippen LogP contribution in [0.2, 0.25) is 0 Å². The van der Waals surface area contributed by atoms with E-state index in [0.29, 0.717) is 12.6 Å². The first kappa shape index (κ1) is 15.4. The molecule has 18 heavy (non-hydrogen) atoms. The minimum atomic E-state index is -0.0713. The topological polar surface area (TPSA) is 41.6 Å². The zero-order valence-electron chi connectivity index (χ0n) is 12.1. The molecule has 106 valence electrons. The molecule has 0 aromatic carbocycles. The van der Waals surface area contributed by atoms with Crippen molar-refractivity contribution in [2.24, 2.45) is 0 Å². The number of nitrogens with one attached hydrogen (secondary N) is 1. The van der Waals surface area contributed by atoms with Crippen molar-refractivity contribution in [2.75, 3.05) is 26.7 Å². The van der Waals surface area contributed by atoms with Gasteiger partial charge in [0.25, 0.3) is 0 Å². The van der Waals surface area contributed by atoms with Gasteiger partial charge in [-0.05, 0) is 52.7 Å². The maximum atomic E-state index is 12.0. The van der Waals surface area contributed by atoms with Crippen LogP contribution < -0.4 is 5.32 Å². The highest BCUT2D eigenvalue weighted by Crippen LogP contribution is 2.18. The minimum absolute atomic E-state index is 0.0564. The lowest BCUT2D eigenvalue weighted by molar-refractivity contribution is -0.150. The lowest BCUT2D eigenvalue weighted by atomic mass is 10.0. The number of carbonyl (C=O) groups excluding carboxylic acids is 1. The van der Waals surface area contributed by atoms with E-state index >= 15 is 0 Å². The highest BCUT2D eigenvalue weighted by atomic mass is 16.5. The maximum absolute atomic E-state index is 12.0. The van der Waals surface area contributed by atoms with Gasteiger partial charge in [0.15, 0.2) is 0 Å². The van der Waals surface area contributed by atoms with E-state index in [4.69, 9.17) is 4.74 Å². The summed E-state index contributed by atoms with van der Waals surface area (Å²) < 4.78 is 5.20. The molecule has 1 aliphatic rings. The van der Waals surface area contributed by atoms with Crippen molar-refractivity contribution in [2.45, 2.75) is 58.0 Å². The summed E-state index contributed by atoms with van der Waals surface area (Å²) in [5.74, 6) is -0.0564. The number of hydrogen-bond acceptors (Lipinski definition) is 4. The Morgan fingerprint density at radius 3 is 2.83 bits per heavy atom. The molecule has 0 spiro atoms. The van der Waals surface area contributed by atoms with Crippen LogP contribution in [-0.2, 0) is 9.53 Å². The monoisotopic (exact) mass is 256 g/mol. The van der Waals surface area contributed by atoms with E-state index < -0.39 is 0 Å². The largest absolute Gasteiger partial charge is 0.465 e. The number of rotatable bonds is 6. The van der Waals surface area contributed by atoms with E-state index in [-0.39, 0.29) is 12.0 Å². The molecule has 0 bridgehead atoms. The minimum Gasteiger partial charge on any atom is -0.465 e. The van der Waals surface area contributed by atoms with Gasteiger partial charge in [-0.1, -0.05) is 13.3 Å². The van der Waals surface area contributed by atoms with Crippen molar-refractivity contribution >= 4 is 5.97 Å². The van der Waals surface area contributed by atoms with Crippen LogP contribution in [0, 0.1) is 0 Å². The fraction of sp³-hybridized carbons (Fsp3) is 0.929. The fourth-order valence-corrected chi connectivity index (χ4v) is 2.66. The molecule has 0 radical (unpaired) electrons. The molecule has 0 amide bonds. The molecule has 0 saturated carbocycles. The number of carbonyl (C=O) groups is 1. The predicted molar refractivity (Wildman–Crippen MR) is 73.6 cm³/mol. The summed E-state index contributed by atoms with van der Waals surface area (Å²) in [4.78, 5) is 14.3. The lowest BCUT2D eigenvalue weighted by Crippen LogP contribution is -2.45. The molecule has 1 heterocycles. The second-order valence-electron chi connectivity index (χ2n) is 5.06. The Balaban J connectivity index is 2.61. The first-order chi connectivity index (χ1) is 8.70. The number of esters is 1. The van der Waals surface area contributed by atoms with E-state index in [9.17, 15) is 4.79 Å². The van der Waals surface area contributed by atoms with Gasteiger partial charge >= 0.3 is 5.97 Å². The molecule has 0 aromatic rings. The standard InChI is InChI=1S/C14H28N2O2/c1-4-7-13(14(17)18-5-2)16(3)12-8-6-10-15-11-9-12/h12-13,15H,4-11H2,1-3H3. The van der Waals surface area contributed by atoms with Crippen molar-refractivity contribution in [1.29, 1.82) is 0 Å². The Morgan fingerprint density at radius 2 is 2.17 bits per heavy atom. The summed E-state index contributed by atoms with van der Waals surface area (Å²) in [7, 11) is 2.08. The highest BCUT2D eigenvalue weighted by molar-refractivity contribution is 5.75. The molecule has 4 nitrogen and oxygen atoms in total. The van der Waals surface area contributed by atoms with Gasteiger partial charge in [-0.15, -0.1) is 0 Å². The van der Waals surface area contributed by atoms with Crippen molar-refractivity contribution in [3.8, 4) is 0 Å². The average Bonchev–Trinajstić information content (AvgIpc) is 2.64. The second-order valence-corrected chi connectivity index (χ2v) is 5.06. The molecule has 1 saturated heterocycles. The van der Waals surface area contributed by atoms with E-state index in [1.807, 2.05) is 6.92 Å². The Kier molecular flexibility index (Phi) is 7.28. The summed E-state index contributed by atoms with van der Waals surface area (Å²) in [6.45, 7) is 6.61. The van der Waals surface area contributed by atoms with Gasteiger partial charge in [0, 0.05) is 6.04 Å². The van der Waals surface area contributed by atoms with Crippen LogP contribution in [0.1, 0.15) is 46.0 Å². The molecule has 1 rings (SSSR count). The van der Waals surface area contributed by atoms with E-state index in [0.717, 1.165) is 32.4 Å². The lowest BCUT2D eigenvalue weighted by Gasteiger charge is -2.33. The normalized spacial score (nSPS) is 22.6. The first-order valence-corrected chi connectivity index (χ1v) is 7.30. The van der Waals surface area contributed by atoms with Gasteiger partial charge in [0.1, 0.15) is 6.04 Å². The Hall–Kier alpha value is -0.610. The number of ether oxygens (including phenoxy) is 1. The second kappa shape index (κ2) is 8.48. The maximum Gasteiger partial charge on any atom is 0.323 e. The number of likely N-dealkylation sites (N-methyl/N-ethyl adjacent to an activating group) is 1. The third-order valence-corrected chi connectivity index (χ3v) is 3.73. The van der Waals surface area contributed by atoms with E-state index in [1.165, 1.54) is 12.8 Å². The van der Waals surface area contributed by atoms with Crippen LogP contribution in [0.25, 0.3) is 0 Å². The zero-order valence-corrected chi connectivity index (χ0v) is 12.1. The molecular weight excluding hydrogens is 228 g/mol. The van der Waals surface area contributed by atoms with Crippen LogP contribution in [0.15, 0.2) is 0 Å². The molecule has 0 aliphatic carbocycles. The van der Waals surface area contributed by atoms with Crippen LogP contribution in [0.4, 0.5) is 0 Å². The Morgan fingerprint density at radius 1 is 1.39 bits per heavy atom. The zero-order chi connectivity index (χ0) is 13.4. The van der Waals surface area contributed by atoms with E-state index in [2.05, 4.69) is 24.2 Å². The third-order valence-electron chi connectivity index (χ3n) is 3.73. The summed E-state index contributed by atoms with van der Waals surface area (Å²) in [6.07, 6.45) is 5.38. The third kappa shape index (κ3) is 4.58. The van der Waals surface area contributed by atoms with E-state index in [1.54, 1.807) is 0 Å². The van der Waals surface area contributed by atoms with Crippen LogP contribution >= 0.6 is 0 Å². The SMILES string of the molecule is CCCC(C(=O)OCC)N(C)C1CCCNCC1. The summed E-state index contributed by atoms with van der Waals surface area (Å²) in [5.41, 5.74) is 0. The van der Waals surface area contributed by atoms with Crippen LogP contribution in [0.5, 0.6) is 0 Å². The molecule has 2 atom stereocenters. The quantitative estimate of drug-likeness (QED) is 0.736. The molecule has 0 aromatic heterocycles. The van der Waals surface area contributed by atoms with Gasteiger partial charge in [-0.2, -0.15) is 0 Å². The highest BCUT2D eigenvalue weighted by Gasteiger charge is 2.29. The van der Waals surface area contributed by atoms with Gasteiger partial charge in [-0.25, -0.2) is 0 Å². The van der Waals surface area contributed by atoms with Gasteiger partial charge < -0.3 is 10.1 Å². The molecule has 4 heteroatoms. The number of nitrogens with zero attached hydrogens (tertiary/aromatic N) is 1.